The maximum atomic E-state index is 13.6. The van der Waals surface area contributed by atoms with Crippen LogP contribution in [-0.2, 0) is 29.4 Å². The quantitative estimate of drug-likeness (QED) is 0.363. The van der Waals surface area contributed by atoms with Gasteiger partial charge in [-0.1, -0.05) is 44.2 Å². The van der Waals surface area contributed by atoms with Gasteiger partial charge in [0.05, 0.1) is 29.1 Å². The lowest BCUT2D eigenvalue weighted by Gasteiger charge is -2.25. The first-order chi connectivity index (χ1) is 17.2. The zero-order valence-electron chi connectivity index (χ0n) is 21.2. The maximum Gasteiger partial charge on any atom is 0.251 e. The SMILES string of the molecule is CCCNC[C@@H](O)[C@H](Cc1ccccc1)NC(=O)c1cc2c3c(c1)c(CC)cn3CCS(=O)(=O)N2C. The summed E-state index contributed by atoms with van der Waals surface area (Å²) in [5.74, 6) is -0.337. The molecule has 4 rings (SSSR count). The van der Waals surface area contributed by atoms with Crippen molar-refractivity contribution < 1.29 is 18.3 Å². The van der Waals surface area contributed by atoms with Gasteiger partial charge in [-0.2, -0.15) is 0 Å². The standard InChI is InChI=1S/C27H36N4O4S/c1-4-11-28-17-25(32)23(14-19-9-7-6-8-10-19)29-27(33)21-15-22-20(5-2)18-31-12-13-36(34,35)30(3)24(16-21)26(22)31/h6-10,15-16,18,23,25,28,32H,4-5,11-14,17H2,1-3H3,(H,29,33)/t23-,25+/m0/s1. The second kappa shape index (κ2) is 11.0. The summed E-state index contributed by atoms with van der Waals surface area (Å²) >= 11 is 0. The molecule has 0 bridgehead atoms. The van der Waals surface area contributed by atoms with Gasteiger partial charge in [-0.05, 0) is 49.1 Å². The van der Waals surface area contributed by atoms with Gasteiger partial charge < -0.3 is 20.3 Å². The molecule has 0 spiro atoms. The lowest BCUT2D eigenvalue weighted by molar-refractivity contribution is 0.0831. The molecule has 3 aromatic rings. The zero-order chi connectivity index (χ0) is 25.9. The normalized spacial score (nSPS) is 16.5. The number of aliphatic hydroxyl groups is 1. The molecule has 0 saturated carbocycles. The molecule has 9 heteroatoms. The van der Waals surface area contributed by atoms with E-state index >= 15 is 0 Å². The predicted molar refractivity (Wildman–Crippen MR) is 144 cm³/mol. The maximum absolute atomic E-state index is 13.6. The van der Waals surface area contributed by atoms with Crippen LogP contribution in [0.4, 0.5) is 5.69 Å². The number of aryl methyl sites for hydroxylation is 2. The van der Waals surface area contributed by atoms with Crippen LogP contribution >= 0.6 is 0 Å². The zero-order valence-corrected chi connectivity index (χ0v) is 22.0. The van der Waals surface area contributed by atoms with Crippen LogP contribution in [-0.4, -0.2) is 62.0 Å². The Morgan fingerprint density at radius 3 is 2.61 bits per heavy atom. The van der Waals surface area contributed by atoms with E-state index in [1.165, 1.54) is 4.31 Å². The Balaban J connectivity index is 1.69. The lowest BCUT2D eigenvalue weighted by Crippen LogP contribution is -2.48. The molecule has 0 radical (unpaired) electrons. The van der Waals surface area contributed by atoms with Crippen LogP contribution in [0.2, 0.25) is 0 Å². The van der Waals surface area contributed by atoms with E-state index in [0.29, 0.717) is 30.8 Å². The van der Waals surface area contributed by atoms with Gasteiger partial charge in [-0.15, -0.1) is 0 Å². The summed E-state index contributed by atoms with van der Waals surface area (Å²) in [7, 11) is -1.96. The summed E-state index contributed by atoms with van der Waals surface area (Å²) in [6.07, 6.45) is 3.39. The van der Waals surface area contributed by atoms with Crippen molar-refractivity contribution in [2.45, 2.75) is 51.8 Å². The van der Waals surface area contributed by atoms with E-state index in [4.69, 9.17) is 0 Å². The molecule has 2 aromatic carbocycles. The van der Waals surface area contributed by atoms with E-state index in [1.807, 2.05) is 54.1 Å². The Kier molecular flexibility index (Phi) is 8.02. The molecule has 2 heterocycles. The fraction of sp³-hybridized carbons (Fsp3) is 0.444. The first-order valence-corrected chi connectivity index (χ1v) is 14.2. The molecule has 3 N–H and O–H groups in total. The number of rotatable bonds is 10. The highest BCUT2D eigenvalue weighted by Crippen LogP contribution is 2.35. The number of aliphatic hydroxyl groups excluding tert-OH is 1. The summed E-state index contributed by atoms with van der Waals surface area (Å²) in [5, 5.41) is 18.1. The van der Waals surface area contributed by atoms with Crippen molar-refractivity contribution in [1.29, 1.82) is 0 Å². The van der Waals surface area contributed by atoms with Crippen LogP contribution in [0.1, 0.15) is 41.8 Å². The smallest absolute Gasteiger partial charge is 0.251 e. The molecule has 2 atom stereocenters. The van der Waals surface area contributed by atoms with Crippen LogP contribution in [0.25, 0.3) is 10.9 Å². The highest BCUT2D eigenvalue weighted by Gasteiger charge is 2.29. The molecule has 1 aliphatic rings. The number of anilines is 1. The number of hydrogen-bond donors (Lipinski definition) is 3. The van der Waals surface area contributed by atoms with Crippen LogP contribution in [0.15, 0.2) is 48.7 Å². The van der Waals surface area contributed by atoms with Gasteiger partial charge in [0.1, 0.15) is 0 Å². The number of aromatic nitrogens is 1. The van der Waals surface area contributed by atoms with Crippen molar-refractivity contribution in [1.82, 2.24) is 15.2 Å². The number of carbonyl (C=O) groups is 1. The Bertz CT molecular complexity index is 1320. The molecular formula is C27H36N4O4S. The highest BCUT2D eigenvalue weighted by molar-refractivity contribution is 7.92. The van der Waals surface area contributed by atoms with Gasteiger partial charge in [0.25, 0.3) is 5.91 Å². The van der Waals surface area contributed by atoms with E-state index in [-0.39, 0.29) is 11.7 Å². The van der Waals surface area contributed by atoms with Gasteiger partial charge >= 0.3 is 0 Å². The summed E-state index contributed by atoms with van der Waals surface area (Å²) in [6, 6.07) is 12.7. The first-order valence-electron chi connectivity index (χ1n) is 12.6. The molecule has 0 saturated heterocycles. The van der Waals surface area contributed by atoms with E-state index < -0.39 is 22.2 Å². The van der Waals surface area contributed by atoms with Crippen molar-refractivity contribution in [2.24, 2.45) is 0 Å². The van der Waals surface area contributed by atoms with Gasteiger partial charge in [0, 0.05) is 37.3 Å². The molecule has 0 aliphatic carbocycles. The average molecular weight is 513 g/mol. The minimum absolute atomic E-state index is 0.00272. The summed E-state index contributed by atoms with van der Waals surface area (Å²) in [4.78, 5) is 13.6. The van der Waals surface area contributed by atoms with Crippen molar-refractivity contribution in [3.63, 3.8) is 0 Å². The molecule has 0 unspecified atom stereocenters. The van der Waals surface area contributed by atoms with Gasteiger partial charge in [-0.25, -0.2) is 8.42 Å². The number of carbonyl (C=O) groups excluding carboxylic acids is 1. The number of amides is 1. The fourth-order valence-corrected chi connectivity index (χ4v) is 5.93. The van der Waals surface area contributed by atoms with Crippen molar-refractivity contribution in [3.8, 4) is 0 Å². The summed E-state index contributed by atoms with van der Waals surface area (Å²) < 4.78 is 28.9. The lowest BCUT2D eigenvalue weighted by atomic mass is 10.00. The monoisotopic (exact) mass is 512 g/mol. The van der Waals surface area contributed by atoms with Crippen LogP contribution in [0, 0.1) is 0 Å². The first kappa shape index (κ1) is 26.2. The van der Waals surface area contributed by atoms with Crippen molar-refractivity contribution in [3.05, 3.63) is 65.4 Å². The highest BCUT2D eigenvalue weighted by atomic mass is 32.2. The molecule has 8 nitrogen and oxygen atoms in total. The van der Waals surface area contributed by atoms with Crippen LogP contribution < -0.4 is 14.9 Å². The molecular weight excluding hydrogens is 476 g/mol. The minimum Gasteiger partial charge on any atom is -0.390 e. The Labute approximate surface area is 213 Å². The Morgan fingerprint density at radius 2 is 1.92 bits per heavy atom. The van der Waals surface area contributed by atoms with E-state index in [2.05, 4.69) is 17.6 Å². The molecule has 1 aromatic heterocycles. The largest absolute Gasteiger partial charge is 0.390 e. The number of hydrogen-bond acceptors (Lipinski definition) is 5. The Hall–Kier alpha value is -2.88. The molecule has 36 heavy (non-hydrogen) atoms. The third-order valence-electron chi connectivity index (χ3n) is 6.88. The minimum atomic E-state index is -3.50. The van der Waals surface area contributed by atoms with Crippen LogP contribution in [0.5, 0.6) is 0 Å². The number of benzene rings is 2. The van der Waals surface area contributed by atoms with Crippen molar-refractivity contribution >= 4 is 32.5 Å². The number of nitrogens with one attached hydrogen (secondary N) is 2. The predicted octanol–water partition coefficient (Wildman–Crippen LogP) is 2.68. The fourth-order valence-electron chi connectivity index (χ4n) is 4.79. The topological polar surface area (TPSA) is 104 Å². The molecule has 1 amide bonds. The number of sulfonamides is 1. The van der Waals surface area contributed by atoms with E-state index in [9.17, 15) is 18.3 Å². The average Bonchev–Trinajstić information content (AvgIpc) is 3.20. The van der Waals surface area contributed by atoms with E-state index in [0.717, 1.165) is 41.4 Å². The molecule has 1 aliphatic heterocycles. The van der Waals surface area contributed by atoms with Gasteiger partial charge in [0.2, 0.25) is 10.0 Å². The third-order valence-corrected chi connectivity index (χ3v) is 8.61. The third kappa shape index (κ3) is 5.43. The summed E-state index contributed by atoms with van der Waals surface area (Å²) in [6.45, 7) is 5.62. The summed E-state index contributed by atoms with van der Waals surface area (Å²) in [5.41, 5.74) is 3.78. The second-order valence-corrected chi connectivity index (χ2v) is 11.5. The van der Waals surface area contributed by atoms with Crippen molar-refractivity contribution in [2.75, 3.05) is 30.2 Å². The second-order valence-electron chi connectivity index (χ2n) is 9.42. The number of nitrogens with zero attached hydrogens (tertiary/aromatic N) is 2. The Morgan fingerprint density at radius 1 is 1.17 bits per heavy atom. The molecule has 194 valence electrons. The molecule has 0 fully saturated rings. The van der Waals surface area contributed by atoms with E-state index in [1.54, 1.807) is 13.1 Å². The van der Waals surface area contributed by atoms with Gasteiger partial charge in [0.15, 0.2) is 0 Å². The van der Waals surface area contributed by atoms with Crippen LogP contribution in [0.3, 0.4) is 0 Å². The van der Waals surface area contributed by atoms with Gasteiger partial charge in [-0.3, -0.25) is 9.10 Å².